The van der Waals surface area contributed by atoms with E-state index in [1.165, 1.54) is 0 Å². The summed E-state index contributed by atoms with van der Waals surface area (Å²) in [7, 11) is 1.58. The molecule has 0 spiro atoms. The van der Waals surface area contributed by atoms with E-state index in [0.29, 0.717) is 43.2 Å². The molecule has 0 radical (unpaired) electrons. The lowest BCUT2D eigenvalue weighted by Crippen LogP contribution is -2.52. The Bertz CT molecular complexity index is 933. The second-order valence-electron chi connectivity index (χ2n) is 7.24. The Balaban J connectivity index is 1.41. The van der Waals surface area contributed by atoms with Gasteiger partial charge in [0.1, 0.15) is 5.75 Å². The standard InChI is InChI=1S/C22H23N3O4/c1-29-16-8-6-15(7-9-16)21(27)24-10-12-25(13-11-24)22(28)18-14-20(26)23-19-5-3-2-4-17(18)19/h2-9,18H,10-14H2,1H3,(H,23,26). The fourth-order valence-corrected chi connectivity index (χ4v) is 3.90. The molecule has 1 fully saturated rings. The Morgan fingerprint density at radius 1 is 0.966 bits per heavy atom. The van der Waals surface area contributed by atoms with Crippen LogP contribution >= 0.6 is 0 Å². The highest BCUT2D eigenvalue weighted by atomic mass is 16.5. The van der Waals surface area contributed by atoms with Crippen LogP contribution in [0.5, 0.6) is 5.75 Å². The highest BCUT2D eigenvalue weighted by Gasteiger charge is 2.35. The first-order chi connectivity index (χ1) is 14.1. The molecule has 2 heterocycles. The number of benzene rings is 2. The normalized spacial score (nSPS) is 18.7. The number of carbonyl (C=O) groups excluding carboxylic acids is 3. The summed E-state index contributed by atoms with van der Waals surface area (Å²) in [4.78, 5) is 41.4. The second kappa shape index (κ2) is 7.95. The molecule has 1 saturated heterocycles. The van der Waals surface area contributed by atoms with E-state index < -0.39 is 5.92 Å². The lowest BCUT2D eigenvalue weighted by atomic mass is 9.89. The predicted molar refractivity (Wildman–Crippen MR) is 108 cm³/mol. The van der Waals surface area contributed by atoms with Crippen LogP contribution in [0.2, 0.25) is 0 Å². The van der Waals surface area contributed by atoms with Gasteiger partial charge in [-0.15, -0.1) is 0 Å². The molecular formula is C22H23N3O4. The fraction of sp³-hybridized carbons (Fsp3) is 0.318. The number of anilines is 1. The van der Waals surface area contributed by atoms with Gasteiger partial charge in [-0.2, -0.15) is 0 Å². The molecule has 1 N–H and O–H groups in total. The third-order valence-electron chi connectivity index (χ3n) is 5.51. The van der Waals surface area contributed by atoms with Gasteiger partial charge in [0, 0.05) is 43.9 Å². The van der Waals surface area contributed by atoms with Crippen LogP contribution in [-0.4, -0.2) is 60.8 Å². The van der Waals surface area contributed by atoms with Crippen molar-refractivity contribution in [2.45, 2.75) is 12.3 Å². The summed E-state index contributed by atoms with van der Waals surface area (Å²) < 4.78 is 5.13. The van der Waals surface area contributed by atoms with Gasteiger partial charge < -0.3 is 19.9 Å². The van der Waals surface area contributed by atoms with Crippen molar-refractivity contribution in [3.8, 4) is 5.75 Å². The van der Waals surface area contributed by atoms with Gasteiger partial charge in [-0.25, -0.2) is 0 Å². The lowest BCUT2D eigenvalue weighted by Gasteiger charge is -2.37. The quantitative estimate of drug-likeness (QED) is 0.866. The molecule has 0 bridgehead atoms. The number of nitrogens with one attached hydrogen (secondary N) is 1. The molecule has 7 heteroatoms. The van der Waals surface area contributed by atoms with Gasteiger partial charge in [0.15, 0.2) is 0 Å². The van der Waals surface area contributed by atoms with E-state index in [-0.39, 0.29) is 24.1 Å². The number of rotatable bonds is 3. The van der Waals surface area contributed by atoms with Crippen molar-refractivity contribution in [3.05, 3.63) is 59.7 Å². The monoisotopic (exact) mass is 393 g/mol. The SMILES string of the molecule is COc1ccc(C(=O)N2CCN(C(=O)C3CC(=O)Nc4ccccc43)CC2)cc1. The minimum absolute atomic E-state index is 0.0520. The third-order valence-corrected chi connectivity index (χ3v) is 5.51. The molecule has 3 amide bonds. The zero-order valence-corrected chi connectivity index (χ0v) is 16.3. The van der Waals surface area contributed by atoms with Crippen molar-refractivity contribution in [2.24, 2.45) is 0 Å². The van der Waals surface area contributed by atoms with Crippen LogP contribution in [0.1, 0.15) is 28.3 Å². The van der Waals surface area contributed by atoms with E-state index in [2.05, 4.69) is 5.32 Å². The average molecular weight is 393 g/mol. The number of fused-ring (bicyclic) bond motifs is 1. The molecule has 1 atom stereocenters. The van der Waals surface area contributed by atoms with Gasteiger partial charge in [0.25, 0.3) is 5.91 Å². The summed E-state index contributed by atoms with van der Waals surface area (Å²) in [5.74, 6) is -0.0149. The van der Waals surface area contributed by atoms with Crippen molar-refractivity contribution >= 4 is 23.4 Å². The molecule has 1 unspecified atom stereocenters. The van der Waals surface area contributed by atoms with E-state index in [0.717, 1.165) is 5.56 Å². The molecule has 0 aliphatic carbocycles. The van der Waals surface area contributed by atoms with E-state index >= 15 is 0 Å². The maximum atomic E-state index is 13.1. The minimum atomic E-state index is -0.469. The third kappa shape index (κ3) is 3.81. The van der Waals surface area contributed by atoms with Crippen LogP contribution in [0.15, 0.2) is 48.5 Å². The van der Waals surface area contributed by atoms with Crippen molar-refractivity contribution in [1.82, 2.24) is 9.80 Å². The molecule has 150 valence electrons. The molecule has 29 heavy (non-hydrogen) atoms. The van der Waals surface area contributed by atoms with E-state index in [1.807, 2.05) is 24.3 Å². The summed E-state index contributed by atoms with van der Waals surface area (Å²) in [6, 6.07) is 14.4. The fourth-order valence-electron chi connectivity index (χ4n) is 3.90. The number of hydrogen-bond donors (Lipinski definition) is 1. The molecule has 2 aliphatic rings. The summed E-state index contributed by atoms with van der Waals surface area (Å²) in [5.41, 5.74) is 2.16. The van der Waals surface area contributed by atoms with Crippen molar-refractivity contribution in [3.63, 3.8) is 0 Å². The van der Waals surface area contributed by atoms with E-state index in [1.54, 1.807) is 41.2 Å². The first-order valence-corrected chi connectivity index (χ1v) is 9.67. The first kappa shape index (κ1) is 19.0. The zero-order valence-electron chi connectivity index (χ0n) is 16.3. The molecular weight excluding hydrogens is 370 g/mol. The summed E-state index contributed by atoms with van der Waals surface area (Å²) >= 11 is 0. The maximum absolute atomic E-state index is 13.1. The first-order valence-electron chi connectivity index (χ1n) is 9.67. The topological polar surface area (TPSA) is 79.0 Å². The van der Waals surface area contributed by atoms with Gasteiger partial charge in [-0.05, 0) is 35.9 Å². The largest absolute Gasteiger partial charge is 0.497 e. The Labute approximate surface area is 169 Å². The molecule has 2 aromatic carbocycles. The summed E-state index contributed by atoms with van der Waals surface area (Å²) in [6.45, 7) is 1.86. The molecule has 2 aromatic rings. The van der Waals surface area contributed by atoms with Crippen LogP contribution in [0, 0.1) is 0 Å². The number of amides is 3. The minimum Gasteiger partial charge on any atom is -0.497 e. The second-order valence-corrected chi connectivity index (χ2v) is 7.24. The van der Waals surface area contributed by atoms with E-state index in [9.17, 15) is 14.4 Å². The van der Waals surface area contributed by atoms with Crippen LogP contribution in [0.3, 0.4) is 0 Å². The smallest absolute Gasteiger partial charge is 0.253 e. The maximum Gasteiger partial charge on any atom is 0.253 e. The lowest BCUT2D eigenvalue weighted by molar-refractivity contribution is -0.136. The molecule has 0 aromatic heterocycles. The number of methoxy groups -OCH3 is 1. The molecule has 4 rings (SSSR count). The van der Waals surface area contributed by atoms with Gasteiger partial charge in [-0.1, -0.05) is 18.2 Å². The van der Waals surface area contributed by atoms with Crippen LogP contribution in [0.25, 0.3) is 0 Å². The predicted octanol–water partition coefficient (Wildman–Crippen LogP) is 2.11. The number of nitrogens with zero attached hydrogens (tertiary/aromatic N) is 2. The molecule has 0 saturated carbocycles. The van der Waals surface area contributed by atoms with Gasteiger partial charge in [0.2, 0.25) is 11.8 Å². The van der Waals surface area contributed by atoms with Crippen LogP contribution in [-0.2, 0) is 9.59 Å². The Kier molecular flexibility index (Phi) is 5.20. The van der Waals surface area contributed by atoms with Gasteiger partial charge in [0.05, 0.1) is 13.0 Å². The summed E-state index contributed by atoms with van der Waals surface area (Å²) in [5, 5.41) is 2.82. The summed E-state index contributed by atoms with van der Waals surface area (Å²) in [6.07, 6.45) is 0.154. The number of para-hydroxylation sites is 1. The van der Waals surface area contributed by atoms with Gasteiger partial charge in [-0.3, -0.25) is 14.4 Å². The number of ether oxygens (including phenoxy) is 1. The Morgan fingerprint density at radius 3 is 2.31 bits per heavy atom. The highest BCUT2D eigenvalue weighted by molar-refractivity contribution is 6.01. The van der Waals surface area contributed by atoms with Crippen LogP contribution < -0.4 is 10.1 Å². The molecule has 7 nitrogen and oxygen atoms in total. The number of hydrogen-bond acceptors (Lipinski definition) is 4. The average Bonchev–Trinajstić information content (AvgIpc) is 2.77. The van der Waals surface area contributed by atoms with E-state index in [4.69, 9.17) is 4.74 Å². The number of piperazine rings is 1. The van der Waals surface area contributed by atoms with Gasteiger partial charge >= 0.3 is 0 Å². The van der Waals surface area contributed by atoms with Crippen molar-refractivity contribution < 1.29 is 19.1 Å². The molecule has 2 aliphatic heterocycles. The Hall–Kier alpha value is -3.35. The van der Waals surface area contributed by atoms with Crippen molar-refractivity contribution in [1.29, 1.82) is 0 Å². The highest BCUT2D eigenvalue weighted by Crippen LogP contribution is 2.33. The van der Waals surface area contributed by atoms with Crippen LogP contribution in [0.4, 0.5) is 5.69 Å². The zero-order chi connectivity index (χ0) is 20.4. The Morgan fingerprint density at radius 2 is 1.62 bits per heavy atom. The number of carbonyl (C=O) groups is 3. The van der Waals surface area contributed by atoms with Crippen molar-refractivity contribution in [2.75, 3.05) is 38.6 Å².